The molecule has 164 valence electrons. The zero-order valence-electron chi connectivity index (χ0n) is 17.5. The van der Waals surface area contributed by atoms with Crippen LogP contribution in [0.15, 0.2) is 17.1 Å². The maximum Gasteiger partial charge on any atom is 0.349 e. The summed E-state index contributed by atoms with van der Waals surface area (Å²) in [6, 6.07) is 2.13. The van der Waals surface area contributed by atoms with Crippen LogP contribution in [0, 0.1) is 0 Å². The first-order chi connectivity index (χ1) is 14.5. The molecule has 3 rings (SSSR count). The molecule has 1 aromatic carbocycles. The zero-order chi connectivity index (χ0) is 21.5. The van der Waals surface area contributed by atoms with Crippen molar-refractivity contribution >= 4 is 52.4 Å². The fraction of sp³-hybridized carbons (Fsp3) is 0.591. The van der Waals surface area contributed by atoms with Gasteiger partial charge in [0.1, 0.15) is 5.84 Å². The molecule has 0 fully saturated rings. The van der Waals surface area contributed by atoms with Gasteiger partial charge in [0, 0.05) is 6.54 Å². The molecule has 3 amide bonds. The van der Waals surface area contributed by atoms with Crippen LogP contribution in [0.2, 0.25) is 10.0 Å². The predicted octanol–water partition coefficient (Wildman–Crippen LogP) is 6.16. The third kappa shape index (κ3) is 5.67. The molecule has 30 heavy (non-hydrogen) atoms. The highest BCUT2D eigenvalue weighted by Gasteiger charge is 2.39. The maximum absolute atomic E-state index is 12.3. The van der Waals surface area contributed by atoms with Crippen LogP contribution < -0.4 is 15.5 Å². The van der Waals surface area contributed by atoms with Crippen LogP contribution in [0.25, 0.3) is 0 Å². The molecule has 0 bridgehead atoms. The molecule has 0 aliphatic carbocycles. The lowest BCUT2D eigenvalue weighted by Gasteiger charge is -2.39. The highest BCUT2D eigenvalue weighted by molar-refractivity contribution is 6.42. The number of nitrogens with one attached hydrogen (secondary N) is 2. The number of unbranched alkanes of at least 4 members (excludes halogenated alkanes) is 9. The topological polar surface area (TPSA) is 73.8 Å². The van der Waals surface area contributed by atoms with Crippen LogP contribution in [0.1, 0.15) is 71.1 Å². The Kier molecular flexibility index (Phi) is 8.40. The van der Waals surface area contributed by atoms with Crippen molar-refractivity contribution in [3.63, 3.8) is 0 Å². The Bertz CT molecular complexity index is 813. The van der Waals surface area contributed by atoms with Crippen molar-refractivity contribution < 1.29 is 9.59 Å². The van der Waals surface area contributed by atoms with E-state index in [1.54, 1.807) is 12.1 Å². The van der Waals surface area contributed by atoms with Gasteiger partial charge >= 0.3 is 6.03 Å². The molecule has 1 aromatic rings. The van der Waals surface area contributed by atoms with E-state index < -0.39 is 18.0 Å². The van der Waals surface area contributed by atoms with E-state index in [4.69, 9.17) is 23.2 Å². The molecule has 2 aliphatic heterocycles. The maximum atomic E-state index is 12.3. The first-order valence-corrected chi connectivity index (χ1v) is 11.7. The van der Waals surface area contributed by atoms with Crippen LogP contribution in [0.5, 0.6) is 0 Å². The van der Waals surface area contributed by atoms with Gasteiger partial charge in [-0.25, -0.2) is 4.79 Å². The highest BCUT2D eigenvalue weighted by atomic mass is 35.5. The van der Waals surface area contributed by atoms with Crippen LogP contribution >= 0.6 is 23.2 Å². The third-order valence-electron chi connectivity index (χ3n) is 5.61. The van der Waals surface area contributed by atoms with Gasteiger partial charge in [0.25, 0.3) is 5.91 Å². The summed E-state index contributed by atoms with van der Waals surface area (Å²) in [5, 5.41) is 6.22. The summed E-state index contributed by atoms with van der Waals surface area (Å²) in [6.45, 7) is 2.90. The number of carbonyl (C=O) groups is 2. The minimum absolute atomic E-state index is 0.408. The lowest BCUT2D eigenvalue weighted by molar-refractivity contribution is -0.119. The molecular formula is C22H30Cl2N4O2. The van der Waals surface area contributed by atoms with Gasteiger partial charge < -0.3 is 10.2 Å². The van der Waals surface area contributed by atoms with Crippen molar-refractivity contribution in [2.75, 3.05) is 16.8 Å². The van der Waals surface area contributed by atoms with Crippen molar-refractivity contribution in [3.05, 3.63) is 22.2 Å². The summed E-state index contributed by atoms with van der Waals surface area (Å²) in [5.41, 5.74) is 1.50. The Balaban J connectivity index is 1.59. The summed E-state index contributed by atoms with van der Waals surface area (Å²) < 4.78 is 0. The number of fused-ring (bicyclic) bond motifs is 2. The molecule has 8 heteroatoms. The molecule has 1 atom stereocenters. The number of rotatable bonds is 11. The average molecular weight is 453 g/mol. The number of amidine groups is 1. The van der Waals surface area contributed by atoms with E-state index in [-0.39, 0.29) is 0 Å². The highest BCUT2D eigenvalue weighted by Crippen LogP contribution is 2.39. The fourth-order valence-electron chi connectivity index (χ4n) is 3.98. The molecule has 2 aliphatic rings. The number of benzene rings is 1. The zero-order valence-corrected chi connectivity index (χ0v) is 19.0. The van der Waals surface area contributed by atoms with Crippen LogP contribution in [0.3, 0.4) is 0 Å². The van der Waals surface area contributed by atoms with Gasteiger partial charge in [-0.1, -0.05) is 87.9 Å². The molecule has 2 N–H and O–H groups in total. The van der Waals surface area contributed by atoms with Gasteiger partial charge in [0.15, 0.2) is 6.04 Å². The van der Waals surface area contributed by atoms with Crippen molar-refractivity contribution in [1.29, 1.82) is 0 Å². The predicted molar refractivity (Wildman–Crippen MR) is 124 cm³/mol. The van der Waals surface area contributed by atoms with E-state index in [2.05, 4.69) is 22.5 Å². The van der Waals surface area contributed by atoms with Gasteiger partial charge in [-0.2, -0.15) is 4.99 Å². The van der Waals surface area contributed by atoms with Crippen LogP contribution in [-0.2, 0) is 4.79 Å². The molecule has 0 aromatic heterocycles. The SMILES string of the molecule is CCCCCCCCCCCCN1C2=NC(=O)NC(=O)C2Nc2cc(Cl)c(Cl)cc21. The van der Waals surface area contributed by atoms with Gasteiger partial charge in [-0.15, -0.1) is 0 Å². The lowest BCUT2D eigenvalue weighted by Crippen LogP contribution is -2.59. The standard InChI is InChI=1S/C22H30Cl2N4O2/c1-2-3-4-5-6-7-8-9-10-11-12-28-18-14-16(24)15(23)13-17(18)25-19-20(28)26-22(30)27-21(19)29/h13-14,19,25H,2-12H2,1H3,(H,27,29,30). The monoisotopic (exact) mass is 452 g/mol. The normalized spacial score (nSPS) is 17.8. The summed E-state index contributed by atoms with van der Waals surface area (Å²) in [6.07, 6.45) is 12.4. The second-order valence-electron chi connectivity index (χ2n) is 7.96. The number of anilines is 2. The van der Waals surface area contributed by atoms with Gasteiger partial charge in [-0.3, -0.25) is 10.1 Å². The van der Waals surface area contributed by atoms with Gasteiger partial charge in [0.05, 0.1) is 21.4 Å². The number of imide groups is 1. The first-order valence-electron chi connectivity index (χ1n) is 11.0. The first kappa shape index (κ1) is 22.9. The number of carbonyl (C=O) groups excluding carboxylic acids is 2. The Labute approximate surface area is 188 Å². The van der Waals surface area contributed by atoms with Crippen molar-refractivity contribution in [2.24, 2.45) is 4.99 Å². The smallest absolute Gasteiger partial charge is 0.349 e. The number of hydrogen-bond donors (Lipinski definition) is 2. The second-order valence-corrected chi connectivity index (χ2v) is 8.77. The van der Waals surface area contributed by atoms with Crippen molar-refractivity contribution in [3.8, 4) is 0 Å². The lowest BCUT2D eigenvalue weighted by atomic mass is 10.0. The summed E-state index contributed by atoms with van der Waals surface area (Å²) in [5.74, 6) is 0.0142. The van der Waals surface area contributed by atoms with E-state index in [1.165, 1.54) is 51.4 Å². The number of hydrogen-bond acceptors (Lipinski definition) is 4. The number of amides is 3. The summed E-state index contributed by atoms with van der Waals surface area (Å²) >= 11 is 12.4. The molecule has 6 nitrogen and oxygen atoms in total. The minimum atomic E-state index is -0.712. The molecule has 0 radical (unpaired) electrons. The molecule has 2 heterocycles. The molecule has 0 saturated carbocycles. The van der Waals surface area contributed by atoms with Crippen LogP contribution in [0.4, 0.5) is 16.2 Å². The Morgan fingerprint density at radius 1 is 0.933 bits per heavy atom. The second kappa shape index (κ2) is 11.0. The van der Waals surface area contributed by atoms with Crippen LogP contribution in [-0.4, -0.2) is 30.4 Å². The van der Waals surface area contributed by atoms with E-state index in [0.717, 1.165) is 18.5 Å². The van der Waals surface area contributed by atoms with Crippen molar-refractivity contribution in [1.82, 2.24) is 5.32 Å². The minimum Gasteiger partial charge on any atom is -0.366 e. The van der Waals surface area contributed by atoms with E-state index in [1.807, 2.05) is 4.90 Å². The van der Waals surface area contributed by atoms with E-state index in [9.17, 15) is 9.59 Å². The number of nitrogens with zero attached hydrogens (tertiary/aromatic N) is 2. The number of aliphatic imine (C=N–C) groups is 1. The Morgan fingerprint density at radius 3 is 2.20 bits per heavy atom. The van der Waals surface area contributed by atoms with Gasteiger partial charge in [0.2, 0.25) is 0 Å². The number of urea groups is 1. The molecule has 0 saturated heterocycles. The van der Waals surface area contributed by atoms with Crippen molar-refractivity contribution in [2.45, 2.75) is 77.2 Å². The fourth-order valence-corrected chi connectivity index (χ4v) is 4.31. The summed E-state index contributed by atoms with van der Waals surface area (Å²) in [4.78, 5) is 30.2. The molecule has 1 unspecified atom stereocenters. The Hall–Kier alpha value is -1.79. The third-order valence-corrected chi connectivity index (χ3v) is 6.33. The van der Waals surface area contributed by atoms with E-state index in [0.29, 0.717) is 28.1 Å². The quantitative estimate of drug-likeness (QED) is 0.394. The number of halogens is 2. The van der Waals surface area contributed by atoms with E-state index >= 15 is 0 Å². The molecular weight excluding hydrogens is 423 g/mol. The summed E-state index contributed by atoms with van der Waals surface area (Å²) in [7, 11) is 0. The molecule has 0 spiro atoms. The average Bonchev–Trinajstić information content (AvgIpc) is 2.70. The Morgan fingerprint density at radius 2 is 1.53 bits per heavy atom. The van der Waals surface area contributed by atoms with Gasteiger partial charge in [-0.05, 0) is 18.6 Å². The largest absolute Gasteiger partial charge is 0.366 e.